The molecule has 10 heteroatoms. The number of benzene rings is 2. The lowest BCUT2D eigenvalue weighted by Gasteiger charge is -2.23. The van der Waals surface area contributed by atoms with E-state index < -0.39 is 0 Å². The summed E-state index contributed by atoms with van der Waals surface area (Å²) < 4.78 is 15.3. The van der Waals surface area contributed by atoms with Gasteiger partial charge in [-0.05, 0) is 72.8 Å². The van der Waals surface area contributed by atoms with E-state index in [4.69, 9.17) is 21.7 Å². The van der Waals surface area contributed by atoms with Gasteiger partial charge in [-0.3, -0.25) is 14.5 Å². The summed E-state index contributed by atoms with van der Waals surface area (Å²) in [4.78, 5) is 24.7. The van der Waals surface area contributed by atoms with Gasteiger partial charge in [0.05, 0.1) is 22.6 Å². The lowest BCUT2D eigenvalue weighted by atomic mass is 10.0. The van der Waals surface area contributed by atoms with Gasteiger partial charge in [0.15, 0.2) is 0 Å². The van der Waals surface area contributed by atoms with Crippen LogP contribution in [-0.4, -0.2) is 14.5 Å². The number of nitrogens with zero attached hydrogens (tertiary/aromatic N) is 4. The summed E-state index contributed by atoms with van der Waals surface area (Å²) in [5, 5.41) is 10.7. The fourth-order valence-corrected chi connectivity index (χ4v) is 5.19. The summed E-state index contributed by atoms with van der Waals surface area (Å²) in [6.45, 7) is 5.01. The molecule has 0 amide bonds. The number of aromatic nitrogens is 3. The van der Waals surface area contributed by atoms with Crippen LogP contribution in [0.5, 0.6) is 0 Å². The molecule has 0 saturated carbocycles. The van der Waals surface area contributed by atoms with Gasteiger partial charge in [-0.2, -0.15) is 0 Å². The second-order valence-electron chi connectivity index (χ2n) is 8.77. The zero-order valence-electron chi connectivity index (χ0n) is 19.5. The van der Waals surface area contributed by atoms with Gasteiger partial charge in [-0.1, -0.05) is 23.7 Å². The van der Waals surface area contributed by atoms with Crippen molar-refractivity contribution in [2.24, 2.45) is 12.2 Å². The Morgan fingerprint density at radius 3 is 2.69 bits per heavy atom. The highest BCUT2D eigenvalue weighted by Gasteiger charge is 2.25. The van der Waals surface area contributed by atoms with Crippen molar-refractivity contribution in [3.05, 3.63) is 86.0 Å². The maximum absolute atomic E-state index is 13.8. The van der Waals surface area contributed by atoms with E-state index in [9.17, 15) is 9.18 Å². The Bertz CT molecular complexity index is 1520. The molecule has 180 valence electrons. The van der Waals surface area contributed by atoms with E-state index in [0.717, 1.165) is 39.9 Å². The topological polar surface area (TPSA) is 89.1 Å². The molecule has 0 saturated heterocycles. The van der Waals surface area contributed by atoms with E-state index in [1.165, 1.54) is 6.07 Å². The summed E-state index contributed by atoms with van der Waals surface area (Å²) in [6, 6.07) is 12.0. The largest absolute Gasteiger partial charge is 0.376 e. The van der Waals surface area contributed by atoms with Crippen LogP contribution in [0.15, 0.2) is 52.3 Å². The number of anilines is 2. The van der Waals surface area contributed by atoms with Crippen molar-refractivity contribution in [1.82, 2.24) is 14.5 Å². The van der Waals surface area contributed by atoms with Crippen LogP contribution in [0, 0.1) is 12.7 Å². The Labute approximate surface area is 211 Å². The molecule has 0 bridgehead atoms. The van der Waals surface area contributed by atoms with Gasteiger partial charge >= 0.3 is 0 Å². The van der Waals surface area contributed by atoms with Crippen molar-refractivity contribution in [2.75, 3.05) is 10.2 Å². The van der Waals surface area contributed by atoms with Crippen LogP contribution in [0.3, 0.4) is 0 Å². The molecule has 1 unspecified atom stereocenters. The number of fused-ring (bicyclic) bond motifs is 2. The van der Waals surface area contributed by atoms with Crippen LogP contribution >= 0.6 is 23.5 Å². The molecular weight excluding hydrogens is 487 g/mol. The number of hydrogen-bond acceptors (Lipinski definition) is 7. The van der Waals surface area contributed by atoms with Gasteiger partial charge in [0.2, 0.25) is 5.95 Å². The van der Waals surface area contributed by atoms with Crippen LogP contribution in [0.25, 0.3) is 10.9 Å². The number of halogens is 2. The number of pyridine rings is 1. The SMILES string of the molecule is Cc1cc(C(C)Nc2ccc(Cl)nc2SN)c2nc(N3Cc4ccc(F)cc4C3)n(C)c(=O)c2c1. The molecule has 1 aliphatic heterocycles. The first-order valence-corrected chi connectivity index (χ1v) is 12.3. The van der Waals surface area contributed by atoms with Crippen molar-refractivity contribution in [2.45, 2.75) is 38.0 Å². The summed E-state index contributed by atoms with van der Waals surface area (Å²) in [5.41, 5.74) is 5.01. The Kier molecular flexibility index (Phi) is 6.16. The highest BCUT2D eigenvalue weighted by atomic mass is 35.5. The minimum Gasteiger partial charge on any atom is -0.376 e. The molecule has 2 aromatic heterocycles. The minimum atomic E-state index is -0.268. The van der Waals surface area contributed by atoms with Gasteiger partial charge in [0, 0.05) is 25.7 Å². The number of rotatable bonds is 5. The molecule has 3 N–H and O–H groups in total. The first kappa shape index (κ1) is 23.6. The first-order valence-electron chi connectivity index (χ1n) is 11.1. The van der Waals surface area contributed by atoms with E-state index in [1.54, 1.807) is 29.8 Å². The Morgan fingerprint density at radius 1 is 1.14 bits per heavy atom. The Morgan fingerprint density at radius 2 is 1.91 bits per heavy atom. The van der Waals surface area contributed by atoms with Crippen molar-refractivity contribution >= 4 is 46.1 Å². The summed E-state index contributed by atoms with van der Waals surface area (Å²) in [5.74, 6) is 0.276. The number of nitrogens with two attached hydrogens (primary N) is 1. The van der Waals surface area contributed by atoms with E-state index in [1.807, 2.05) is 36.9 Å². The lowest BCUT2D eigenvalue weighted by molar-refractivity contribution is 0.626. The predicted molar refractivity (Wildman–Crippen MR) is 139 cm³/mol. The third-order valence-corrected chi connectivity index (χ3v) is 7.03. The molecule has 1 aliphatic rings. The quantitative estimate of drug-likeness (QED) is 0.285. The van der Waals surface area contributed by atoms with Crippen LogP contribution in [0.2, 0.25) is 5.15 Å². The molecule has 0 spiro atoms. The Hall–Kier alpha value is -3.14. The van der Waals surface area contributed by atoms with Crippen LogP contribution in [0.1, 0.15) is 35.2 Å². The van der Waals surface area contributed by atoms with Crippen molar-refractivity contribution < 1.29 is 4.39 Å². The standard InChI is InChI=1S/C25H24ClFN6OS/c1-13-8-18(14(2)29-20-6-7-21(26)30-23(20)35-28)22-19(9-13)24(34)32(3)25(31-22)33-11-15-4-5-17(27)10-16(15)12-33/h4-10,14,29H,11-12,28H2,1-3H3. The highest BCUT2D eigenvalue weighted by Crippen LogP contribution is 2.32. The van der Waals surface area contributed by atoms with Crippen molar-refractivity contribution in [1.29, 1.82) is 0 Å². The van der Waals surface area contributed by atoms with Crippen molar-refractivity contribution in [3.8, 4) is 0 Å². The van der Waals surface area contributed by atoms with Crippen LogP contribution < -0.4 is 20.9 Å². The monoisotopic (exact) mass is 510 g/mol. The maximum atomic E-state index is 13.8. The third kappa shape index (κ3) is 4.35. The zero-order valence-corrected chi connectivity index (χ0v) is 21.0. The average Bonchev–Trinajstić information content (AvgIpc) is 3.25. The van der Waals surface area contributed by atoms with Gasteiger partial charge < -0.3 is 10.2 Å². The molecule has 0 fully saturated rings. The van der Waals surface area contributed by atoms with E-state index in [-0.39, 0.29) is 17.4 Å². The second kappa shape index (κ2) is 9.14. The molecule has 2 aromatic carbocycles. The summed E-state index contributed by atoms with van der Waals surface area (Å²) in [7, 11) is 1.72. The Balaban J connectivity index is 1.59. The van der Waals surface area contributed by atoms with Gasteiger partial charge in [0.1, 0.15) is 16.0 Å². The maximum Gasteiger partial charge on any atom is 0.262 e. The van der Waals surface area contributed by atoms with Gasteiger partial charge in [-0.15, -0.1) is 0 Å². The van der Waals surface area contributed by atoms with E-state index in [2.05, 4.69) is 10.3 Å². The van der Waals surface area contributed by atoms with Crippen molar-refractivity contribution in [3.63, 3.8) is 0 Å². The second-order valence-corrected chi connectivity index (χ2v) is 9.78. The first-order chi connectivity index (χ1) is 16.7. The molecule has 1 atom stereocenters. The smallest absolute Gasteiger partial charge is 0.262 e. The molecule has 7 nitrogen and oxygen atoms in total. The average molecular weight is 511 g/mol. The molecule has 4 aromatic rings. The van der Waals surface area contributed by atoms with Gasteiger partial charge in [-0.25, -0.2) is 14.4 Å². The summed E-state index contributed by atoms with van der Waals surface area (Å²) >= 11 is 7.03. The van der Waals surface area contributed by atoms with E-state index >= 15 is 0 Å². The molecule has 5 rings (SSSR count). The molecular formula is C25H24ClFN6OS. The highest BCUT2D eigenvalue weighted by molar-refractivity contribution is 7.97. The number of hydrogen-bond donors (Lipinski definition) is 2. The predicted octanol–water partition coefficient (Wildman–Crippen LogP) is 5.09. The van der Waals surface area contributed by atoms with Crippen LogP contribution in [-0.2, 0) is 20.1 Å². The molecule has 0 radical (unpaired) electrons. The minimum absolute atomic E-state index is 0.129. The molecule has 3 heterocycles. The number of nitrogens with one attached hydrogen (secondary N) is 1. The zero-order chi connectivity index (χ0) is 24.9. The lowest BCUT2D eigenvalue weighted by Crippen LogP contribution is -2.28. The molecule has 35 heavy (non-hydrogen) atoms. The fourth-order valence-electron chi connectivity index (χ4n) is 4.59. The number of aryl methyl sites for hydroxylation is 1. The van der Waals surface area contributed by atoms with Crippen LogP contribution in [0.4, 0.5) is 16.0 Å². The van der Waals surface area contributed by atoms with Gasteiger partial charge in [0.25, 0.3) is 5.56 Å². The summed E-state index contributed by atoms with van der Waals surface area (Å²) in [6.07, 6.45) is 0. The third-order valence-electron chi connectivity index (χ3n) is 6.28. The normalized spacial score (nSPS) is 13.8. The van der Waals surface area contributed by atoms with E-state index in [0.29, 0.717) is 40.1 Å². The molecule has 0 aliphatic carbocycles. The fraction of sp³-hybridized carbons (Fsp3) is 0.240.